The minimum absolute atomic E-state index is 0.341. The fraction of sp³-hybridized carbons (Fsp3) is 0.727. The summed E-state index contributed by atoms with van der Waals surface area (Å²) < 4.78 is 0. The Labute approximate surface area is 74.9 Å². The Morgan fingerprint density at radius 2 is 2.25 bits per heavy atom. The number of aldehydes is 1. The van der Waals surface area contributed by atoms with Crippen molar-refractivity contribution in [1.82, 2.24) is 0 Å². The molecule has 0 unspecified atom stereocenters. The van der Waals surface area contributed by atoms with E-state index < -0.39 is 0 Å². The molecule has 1 nitrogen and oxygen atoms in total. The van der Waals surface area contributed by atoms with E-state index >= 15 is 0 Å². The van der Waals surface area contributed by atoms with Crippen molar-refractivity contribution >= 4 is 6.29 Å². The highest BCUT2D eigenvalue weighted by atomic mass is 16.1. The molecule has 68 valence electrons. The Bertz CT molecular complexity index is 201. The van der Waals surface area contributed by atoms with Crippen LogP contribution >= 0.6 is 0 Å². The molecule has 0 aromatic rings. The molecule has 0 heterocycles. The minimum atomic E-state index is 0.341. The second kappa shape index (κ2) is 3.42. The van der Waals surface area contributed by atoms with Crippen molar-refractivity contribution in [3.63, 3.8) is 0 Å². The third kappa shape index (κ3) is 2.20. The average molecular weight is 166 g/mol. The monoisotopic (exact) mass is 166 g/mol. The number of rotatable bonds is 4. The molecule has 0 aromatic heterocycles. The van der Waals surface area contributed by atoms with E-state index in [1.54, 1.807) is 0 Å². The molecular formula is C11H18O. The molecule has 1 saturated carbocycles. The lowest BCUT2D eigenvalue weighted by Gasteiger charge is -2.05. The lowest BCUT2D eigenvalue weighted by molar-refractivity contribution is -0.109. The molecule has 0 amide bonds. The summed E-state index contributed by atoms with van der Waals surface area (Å²) in [6, 6.07) is 0. The van der Waals surface area contributed by atoms with Gasteiger partial charge in [0, 0.05) is 5.92 Å². The Morgan fingerprint density at radius 3 is 2.67 bits per heavy atom. The molecule has 0 aromatic carbocycles. The molecule has 2 atom stereocenters. The predicted molar refractivity (Wildman–Crippen MR) is 50.9 cm³/mol. The summed E-state index contributed by atoms with van der Waals surface area (Å²) in [5.74, 6) is 0.350. The van der Waals surface area contributed by atoms with Crippen LogP contribution in [0.1, 0.15) is 40.0 Å². The summed E-state index contributed by atoms with van der Waals surface area (Å²) in [5, 5.41) is 0. The molecule has 0 spiro atoms. The van der Waals surface area contributed by atoms with Crippen molar-refractivity contribution in [2.45, 2.75) is 40.0 Å². The van der Waals surface area contributed by atoms with Crippen molar-refractivity contribution in [2.24, 2.45) is 11.3 Å². The standard InChI is InChI=1S/C11H18O/c1-9(2)5-4-6-11(3)7-10(11)8-12/h5,8,10H,4,6-7H2,1-3H3/t10-,11-/m0/s1. The van der Waals surface area contributed by atoms with Gasteiger partial charge in [-0.1, -0.05) is 18.6 Å². The molecule has 1 rings (SSSR count). The summed E-state index contributed by atoms with van der Waals surface area (Å²) in [5.41, 5.74) is 1.72. The molecule has 0 aliphatic heterocycles. The number of carbonyl (C=O) groups is 1. The van der Waals surface area contributed by atoms with Crippen molar-refractivity contribution in [2.75, 3.05) is 0 Å². The Kier molecular flexibility index (Phi) is 2.71. The molecule has 0 saturated heterocycles. The third-order valence-electron chi connectivity index (χ3n) is 2.85. The van der Waals surface area contributed by atoms with Gasteiger partial charge >= 0.3 is 0 Å². The van der Waals surface area contributed by atoms with Crippen LogP contribution in [0.25, 0.3) is 0 Å². The molecule has 1 aliphatic carbocycles. The molecule has 1 aliphatic rings. The SMILES string of the molecule is CC(C)=CCC[C@@]1(C)C[C@H]1C=O. The predicted octanol–water partition coefficient (Wildman–Crippen LogP) is 2.96. The second-order valence-electron chi connectivity index (χ2n) is 4.42. The molecule has 0 radical (unpaired) electrons. The van der Waals surface area contributed by atoms with Crippen molar-refractivity contribution < 1.29 is 4.79 Å². The van der Waals surface area contributed by atoms with Crippen LogP contribution < -0.4 is 0 Å². The lowest BCUT2D eigenvalue weighted by atomic mass is 9.99. The first-order valence-corrected chi connectivity index (χ1v) is 4.67. The molecule has 0 bridgehead atoms. The minimum Gasteiger partial charge on any atom is -0.303 e. The first-order valence-electron chi connectivity index (χ1n) is 4.67. The molecule has 1 fully saturated rings. The topological polar surface area (TPSA) is 17.1 Å². The zero-order valence-corrected chi connectivity index (χ0v) is 8.26. The van der Waals surface area contributed by atoms with Crippen molar-refractivity contribution in [3.8, 4) is 0 Å². The zero-order chi connectivity index (χ0) is 9.19. The Balaban J connectivity index is 2.25. The van der Waals surface area contributed by atoms with Crippen LogP contribution in [0.4, 0.5) is 0 Å². The number of allylic oxidation sites excluding steroid dienone is 2. The number of hydrogen-bond donors (Lipinski definition) is 0. The quantitative estimate of drug-likeness (QED) is 0.463. The summed E-state index contributed by atoms with van der Waals surface area (Å²) in [7, 11) is 0. The van der Waals surface area contributed by atoms with Gasteiger partial charge < -0.3 is 4.79 Å². The Hall–Kier alpha value is -0.590. The van der Waals surface area contributed by atoms with Crippen LogP contribution in [0.15, 0.2) is 11.6 Å². The van der Waals surface area contributed by atoms with Gasteiger partial charge in [0.05, 0.1) is 0 Å². The van der Waals surface area contributed by atoms with Gasteiger partial charge in [0.2, 0.25) is 0 Å². The van der Waals surface area contributed by atoms with Crippen molar-refractivity contribution in [3.05, 3.63) is 11.6 Å². The van der Waals surface area contributed by atoms with Crippen LogP contribution in [0.3, 0.4) is 0 Å². The third-order valence-corrected chi connectivity index (χ3v) is 2.85. The van der Waals surface area contributed by atoms with Crippen LogP contribution in [-0.2, 0) is 4.79 Å². The van der Waals surface area contributed by atoms with Gasteiger partial charge in [-0.25, -0.2) is 0 Å². The highest BCUT2D eigenvalue weighted by Gasteiger charge is 2.48. The van der Waals surface area contributed by atoms with E-state index in [4.69, 9.17) is 0 Å². The van der Waals surface area contributed by atoms with E-state index in [0.717, 1.165) is 19.1 Å². The lowest BCUT2D eigenvalue weighted by Crippen LogP contribution is -1.97. The molecule has 0 N–H and O–H groups in total. The fourth-order valence-electron chi connectivity index (χ4n) is 1.63. The number of carbonyl (C=O) groups excluding carboxylic acids is 1. The summed E-state index contributed by atoms with van der Waals surface area (Å²) in [6.07, 6.45) is 6.77. The maximum absolute atomic E-state index is 10.5. The van der Waals surface area contributed by atoms with Gasteiger partial charge in [0.15, 0.2) is 0 Å². The highest BCUT2D eigenvalue weighted by molar-refractivity contribution is 5.59. The number of hydrogen-bond acceptors (Lipinski definition) is 1. The van der Waals surface area contributed by atoms with Crippen LogP contribution in [0.5, 0.6) is 0 Å². The smallest absolute Gasteiger partial charge is 0.123 e. The van der Waals surface area contributed by atoms with E-state index in [9.17, 15) is 4.79 Å². The fourth-order valence-corrected chi connectivity index (χ4v) is 1.63. The van der Waals surface area contributed by atoms with Crippen LogP contribution in [0, 0.1) is 11.3 Å². The van der Waals surface area contributed by atoms with Gasteiger partial charge in [-0.15, -0.1) is 0 Å². The average Bonchev–Trinajstić information content (AvgIpc) is 2.61. The van der Waals surface area contributed by atoms with E-state index in [1.165, 1.54) is 12.0 Å². The van der Waals surface area contributed by atoms with E-state index in [2.05, 4.69) is 26.8 Å². The Morgan fingerprint density at radius 1 is 1.58 bits per heavy atom. The zero-order valence-electron chi connectivity index (χ0n) is 8.26. The van der Waals surface area contributed by atoms with Gasteiger partial charge in [-0.3, -0.25) is 0 Å². The van der Waals surface area contributed by atoms with Crippen LogP contribution in [-0.4, -0.2) is 6.29 Å². The van der Waals surface area contributed by atoms with Gasteiger partial charge in [-0.2, -0.15) is 0 Å². The maximum Gasteiger partial charge on any atom is 0.123 e. The maximum atomic E-state index is 10.5. The van der Waals surface area contributed by atoms with E-state index in [1.807, 2.05) is 0 Å². The largest absolute Gasteiger partial charge is 0.303 e. The second-order valence-corrected chi connectivity index (χ2v) is 4.42. The van der Waals surface area contributed by atoms with Gasteiger partial charge in [0.1, 0.15) is 6.29 Å². The van der Waals surface area contributed by atoms with E-state index in [0.29, 0.717) is 11.3 Å². The summed E-state index contributed by atoms with van der Waals surface area (Å²) >= 11 is 0. The molecular weight excluding hydrogens is 148 g/mol. The summed E-state index contributed by atoms with van der Waals surface area (Å²) in [6.45, 7) is 6.45. The first kappa shape index (κ1) is 9.50. The van der Waals surface area contributed by atoms with Crippen molar-refractivity contribution in [1.29, 1.82) is 0 Å². The van der Waals surface area contributed by atoms with Gasteiger partial charge in [0.25, 0.3) is 0 Å². The molecule has 12 heavy (non-hydrogen) atoms. The molecule has 1 heteroatoms. The van der Waals surface area contributed by atoms with Gasteiger partial charge in [-0.05, 0) is 38.5 Å². The van der Waals surface area contributed by atoms with E-state index in [-0.39, 0.29) is 0 Å². The first-order chi connectivity index (χ1) is 5.58. The normalized spacial score (nSPS) is 32.8. The summed E-state index contributed by atoms with van der Waals surface area (Å²) in [4.78, 5) is 10.5. The van der Waals surface area contributed by atoms with Crippen LogP contribution in [0.2, 0.25) is 0 Å². The highest BCUT2D eigenvalue weighted by Crippen LogP contribution is 2.54.